The summed E-state index contributed by atoms with van der Waals surface area (Å²) in [6.07, 6.45) is 5.17. The molecular weight excluding hydrogens is 192 g/mol. The van der Waals surface area contributed by atoms with Crippen molar-refractivity contribution in [3.05, 3.63) is 0 Å². The minimum atomic E-state index is -0.737. The van der Waals surface area contributed by atoms with Crippen LogP contribution in [-0.2, 0) is 4.79 Å². The molecule has 0 saturated heterocycles. The van der Waals surface area contributed by atoms with Crippen LogP contribution in [0.4, 0.5) is 0 Å². The standard InChI is InChI=1S/C11H20N2O2/c1-12-10(11(14)15)7-13(9-4-5-9)6-8-2-3-8/h8-10,12H,2-7H2,1H3,(H,14,15). The van der Waals surface area contributed by atoms with Crippen LogP contribution in [-0.4, -0.2) is 48.2 Å². The molecule has 0 heterocycles. The predicted octanol–water partition coefficient (Wildman–Crippen LogP) is 0.533. The number of aliphatic carboxylic acids is 1. The highest BCUT2D eigenvalue weighted by atomic mass is 16.4. The predicted molar refractivity (Wildman–Crippen MR) is 57.8 cm³/mol. The van der Waals surface area contributed by atoms with E-state index in [-0.39, 0.29) is 0 Å². The normalized spacial score (nSPS) is 23.1. The maximum absolute atomic E-state index is 10.9. The minimum Gasteiger partial charge on any atom is -0.480 e. The number of rotatable bonds is 7. The molecule has 0 spiro atoms. The van der Waals surface area contributed by atoms with Crippen LogP contribution in [0.3, 0.4) is 0 Å². The molecule has 4 nitrogen and oxygen atoms in total. The van der Waals surface area contributed by atoms with Gasteiger partial charge in [0, 0.05) is 19.1 Å². The van der Waals surface area contributed by atoms with Crippen molar-refractivity contribution in [2.24, 2.45) is 5.92 Å². The molecule has 2 N–H and O–H groups in total. The first-order valence-electron chi connectivity index (χ1n) is 5.85. The lowest BCUT2D eigenvalue weighted by atomic mass is 10.2. The summed E-state index contributed by atoms with van der Waals surface area (Å²) in [6, 6.07) is 0.255. The average molecular weight is 212 g/mol. The molecule has 4 heteroatoms. The topological polar surface area (TPSA) is 52.6 Å². The lowest BCUT2D eigenvalue weighted by molar-refractivity contribution is -0.139. The summed E-state index contributed by atoms with van der Waals surface area (Å²) in [6.45, 7) is 1.77. The second kappa shape index (κ2) is 4.49. The highest BCUT2D eigenvalue weighted by molar-refractivity contribution is 5.73. The van der Waals surface area contributed by atoms with Gasteiger partial charge in [0.15, 0.2) is 0 Å². The zero-order valence-corrected chi connectivity index (χ0v) is 9.28. The Morgan fingerprint density at radius 1 is 1.47 bits per heavy atom. The molecule has 2 rings (SSSR count). The van der Waals surface area contributed by atoms with E-state index in [1.54, 1.807) is 7.05 Å². The van der Waals surface area contributed by atoms with E-state index in [0.29, 0.717) is 12.6 Å². The van der Waals surface area contributed by atoms with E-state index in [1.165, 1.54) is 25.7 Å². The Balaban J connectivity index is 1.83. The number of nitrogens with one attached hydrogen (secondary N) is 1. The molecule has 0 aliphatic heterocycles. The number of carboxylic acids is 1. The zero-order chi connectivity index (χ0) is 10.8. The first-order valence-corrected chi connectivity index (χ1v) is 5.85. The van der Waals surface area contributed by atoms with Crippen molar-refractivity contribution in [1.82, 2.24) is 10.2 Å². The van der Waals surface area contributed by atoms with Crippen LogP contribution in [0.25, 0.3) is 0 Å². The van der Waals surface area contributed by atoms with Crippen LogP contribution in [0, 0.1) is 5.92 Å². The Kier molecular flexibility index (Phi) is 3.26. The highest BCUT2D eigenvalue weighted by Gasteiger charge is 2.35. The summed E-state index contributed by atoms with van der Waals surface area (Å²) >= 11 is 0. The summed E-state index contributed by atoms with van der Waals surface area (Å²) in [5, 5.41) is 11.9. The van der Waals surface area contributed by atoms with Gasteiger partial charge in [-0.05, 0) is 38.6 Å². The van der Waals surface area contributed by atoms with Gasteiger partial charge in [-0.15, -0.1) is 0 Å². The van der Waals surface area contributed by atoms with Crippen LogP contribution >= 0.6 is 0 Å². The third-order valence-corrected chi connectivity index (χ3v) is 3.32. The monoisotopic (exact) mass is 212 g/mol. The summed E-state index contributed by atoms with van der Waals surface area (Å²) < 4.78 is 0. The van der Waals surface area contributed by atoms with Gasteiger partial charge in [-0.1, -0.05) is 0 Å². The number of hydrogen-bond donors (Lipinski definition) is 2. The van der Waals surface area contributed by atoms with Crippen LogP contribution in [0.2, 0.25) is 0 Å². The molecule has 0 aromatic carbocycles. The van der Waals surface area contributed by atoms with E-state index in [4.69, 9.17) is 5.11 Å². The van der Waals surface area contributed by atoms with E-state index < -0.39 is 12.0 Å². The van der Waals surface area contributed by atoms with Gasteiger partial charge >= 0.3 is 5.97 Å². The average Bonchev–Trinajstić information content (AvgIpc) is 3.00. The van der Waals surface area contributed by atoms with E-state index in [1.807, 2.05) is 0 Å². The van der Waals surface area contributed by atoms with Crippen molar-refractivity contribution in [2.75, 3.05) is 20.1 Å². The molecule has 2 fully saturated rings. The van der Waals surface area contributed by atoms with Crippen LogP contribution < -0.4 is 5.32 Å². The zero-order valence-electron chi connectivity index (χ0n) is 9.28. The molecule has 15 heavy (non-hydrogen) atoms. The van der Waals surface area contributed by atoms with Crippen molar-refractivity contribution >= 4 is 5.97 Å². The van der Waals surface area contributed by atoms with Crippen molar-refractivity contribution in [3.63, 3.8) is 0 Å². The highest BCUT2D eigenvalue weighted by Crippen LogP contribution is 2.34. The minimum absolute atomic E-state index is 0.413. The van der Waals surface area contributed by atoms with Gasteiger partial charge in [0.25, 0.3) is 0 Å². The number of carbonyl (C=O) groups is 1. The molecule has 1 unspecified atom stereocenters. The number of nitrogens with zero attached hydrogens (tertiary/aromatic N) is 1. The largest absolute Gasteiger partial charge is 0.480 e. The molecule has 0 bridgehead atoms. The second-order valence-corrected chi connectivity index (χ2v) is 4.81. The summed E-state index contributed by atoms with van der Waals surface area (Å²) in [5.41, 5.74) is 0. The fourth-order valence-corrected chi connectivity index (χ4v) is 1.97. The van der Waals surface area contributed by atoms with Crippen LogP contribution in [0.1, 0.15) is 25.7 Å². The van der Waals surface area contributed by atoms with Crippen molar-refractivity contribution in [3.8, 4) is 0 Å². The molecule has 2 saturated carbocycles. The van der Waals surface area contributed by atoms with Crippen LogP contribution in [0.15, 0.2) is 0 Å². The van der Waals surface area contributed by atoms with Gasteiger partial charge in [-0.3, -0.25) is 9.69 Å². The maximum Gasteiger partial charge on any atom is 0.322 e. The smallest absolute Gasteiger partial charge is 0.322 e. The Morgan fingerprint density at radius 2 is 2.13 bits per heavy atom. The number of hydrogen-bond acceptors (Lipinski definition) is 3. The van der Waals surface area contributed by atoms with Gasteiger partial charge in [0.2, 0.25) is 0 Å². The molecule has 0 aromatic heterocycles. The first-order chi connectivity index (χ1) is 7.20. The number of carboxylic acid groups (broad SMARTS) is 1. The SMILES string of the molecule is CNC(CN(CC1CC1)C1CC1)C(=O)O. The second-order valence-electron chi connectivity index (χ2n) is 4.81. The fourth-order valence-electron chi connectivity index (χ4n) is 1.97. The molecule has 86 valence electrons. The molecule has 0 radical (unpaired) electrons. The van der Waals surface area contributed by atoms with E-state index in [2.05, 4.69) is 10.2 Å². The summed E-state index contributed by atoms with van der Waals surface area (Å²) in [5.74, 6) is 0.107. The first kappa shape index (κ1) is 10.9. The van der Waals surface area contributed by atoms with E-state index in [0.717, 1.165) is 12.5 Å². The van der Waals surface area contributed by atoms with Crippen molar-refractivity contribution in [1.29, 1.82) is 0 Å². The van der Waals surface area contributed by atoms with Crippen molar-refractivity contribution < 1.29 is 9.90 Å². The van der Waals surface area contributed by atoms with Crippen molar-refractivity contribution in [2.45, 2.75) is 37.8 Å². The van der Waals surface area contributed by atoms with Gasteiger partial charge in [0.05, 0.1) is 0 Å². The van der Waals surface area contributed by atoms with Gasteiger partial charge in [0.1, 0.15) is 6.04 Å². The van der Waals surface area contributed by atoms with Gasteiger partial charge < -0.3 is 10.4 Å². The Morgan fingerprint density at radius 3 is 2.53 bits per heavy atom. The molecule has 0 amide bonds. The molecular formula is C11H20N2O2. The Bertz CT molecular complexity index is 237. The Hall–Kier alpha value is -0.610. The summed E-state index contributed by atoms with van der Waals surface area (Å²) in [7, 11) is 1.72. The van der Waals surface area contributed by atoms with Crippen LogP contribution in [0.5, 0.6) is 0 Å². The lowest BCUT2D eigenvalue weighted by Crippen LogP contribution is -2.46. The molecule has 0 aromatic rings. The molecule has 2 aliphatic rings. The fraction of sp³-hybridized carbons (Fsp3) is 0.909. The molecule has 2 aliphatic carbocycles. The van der Waals surface area contributed by atoms with Gasteiger partial charge in [-0.25, -0.2) is 0 Å². The third-order valence-electron chi connectivity index (χ3n) is 3.32. The lowest BCUT2D eigenvalue weighted by Gasteiger charge is -2.25. The Labute approximate surface area is 90.6 Å². The molecule has 1 atom stereocenters. The van der Waals surface area contributed by atoms with E-state index in [9.17, 15) is 4.79 Å². The van der Waals surface area contributed by atoms with E-state index >= 15 is 0 Å². The maximum atomic E-state index is 10.9. The third kappa shape index (κ3) is 3.18. The quantitative estimate of drug-likeness (QED) is 0.646. The summed E-state index contributed by atoms with van der Waals surface area (Å²) in [4.78, 5) is 13.3. The number of likely N-dealkylation sites (N-methyl/N-ethyl adjacent to an activating group) is 1. The van der Waals surface area contributed by atoms with Gasteiger partial charge in [-0.2, -0.15) is 0 Å².